The zero-order valence-corrected chi connectivity index (χ0v) is 7.89. The lowest BCUT2D eigenvalue weighted by atomic mass is 9.63. The van der Waals surface area contributed by atoms with Crippen molar-refractivity contribution in [3.8, 4) is 0 Å². The van der Waals surface area contributed by atoms with Crippen LogP contribution >= 0.6 is 0 Å². The van der Waals surface area contributed by atoms with Gasteiger partial charge in [-0.15, -0.1) is 0 Å². The highest BCUT2D eigenvalue weighted by molar-refractivity contribution is 7.91. The van der Waals surface area contributed by atoms with Crippen LogP contribution < -0.4 is 0 Å². The predicted molar refractivity (Wildman–Crippen MR) is 45.0 cm³/mol. The van der Waals surface area contributed by atoms with Gasteiger partial charge in [0.05, 0.1) is 23.3 Å². The molecular formula is C8H10O4S. The van der Waals surface area contributed by atoms with Crippen molar-refractivity contribution < 1.29 is 18.0 Å². The highest BCUT2D eigenvalue weighted by Crippen LogP contribution is 2.43. The average molecular weight is 202 g/mol. The summed E-state index contributed by atoms with van der Waals surface area (Å²) in [5.74, 6) is -0.144. The fourth-order valence-electron chi connectivity index (χ4n) is 1.98. The summed E-state index contributed by atoms with van der Waals surface area (Å²) in [6, 6.07) is 0. The second kappa shape index (κ2) is 2.41. The Balaban J connectivity index is 2.22. The summed E-state index contributed by atoms with van der Waals surface area (Å²) in [6.45, 7) is 0. The molecule has 5 heteroatoms. The van der Waals surface area contributed by atoms with Crippen molar-refractivity contribution in [2.24, 2.45) is 5.41 Å². The van der Waals surface area contributed by atoms with Crippen molar-refractivity contribution in [1.82, 2.24) is 0 Å². The fraction of sp³-hybridized carbons (Fsp3) is 0.750. The van der Waals surface area contributed by atoms with Crippen molar-refractivity contribution in [3.05, 3.63) is 0 Å². The molecule has 2 fully saturated rings. The molecule has 1 saturated carbocycles. The third-order valence-electron chi connectivity index (χ3n) is 3.07. The maximum Gasteiger partial charge on any atom is 0.153 e. The molecule has 2 rings (SSSR count). The van der Waals surface area contributed by atoms with Gasteiger partial charge in [0.1, 0.15) is 9.84 Å². The molecule has 1 spiro atoms. The van der Waals surface area contributed by atoms with Crippen LogP contribution in [0.25, 0.3) is 0 Å². The van der Waals surface area contributed by atoms with Crippen molar-refractivity contribution in [2.75, 3.05) is 11.5 Å². The largest absolute Gasteiger partial charge is 0.298 e. The first-order valence-corrected chi connectivity index (χ1v) is 6.05. The van der Waals surface area contributed by atoms with Gasteiger partial charge in [-0.2, -0.15) is 0 Å². The van der Waals surface area contributed by atoms with Crippen LogP contribution in [0, 0.1) is 5.41 Å². The van der Waals surface area contributed by atoms with Gasteiger partial charge in [0, 0.05) is 0 Å². The number of sulfone groups is 1. The Morgan fingerprint density at radius 2 is 1.46 bits per heavy atom. The molecule has 0 aromatic carbocycles. The number of Topliss-reactive ketones (excluding diaryl/α,β-unsaturated/α-hetero) is 2. The molecule has 1 heterocycles. The Hall–Kier alpha value is -0.710. The van der Waals surface area contributed by atoms with Crippen LogP contribution in [0.3, 0.4) is 0 Å². The van der Waals surface area contributed by atoms with Crippen LogP contribution in [0.4, 0.5) is 0 Å². The molecule has 0 aromatic rings. The second-order valence-electron chi connectivity index (χ2n) is 3.76. The van der Waals surface area contributed by atoms with E-state index in [9.17, 15) is 18.0 Å². The standard InChI is InChI=1S/C8H10O4S/c9-6-5-7(10)8(6)1-3-13(11,12)4-2-8/h1-5H2. The summed E-state index contributed by atoms with van der Waals surface area (Å²) in [5, 5.41) is 0. The molecular weight excluding hydrogens is 192 g/mol. The van der Waals surface area contributed by atoms with E-state index in [4.69, 9.17) is 0 Å². The molecule has 13 heavy (non-hydrogen) atoms. The molecule has 0 aromatic heterocycles. The Morgan fingerprint density at radius 1 is 1.00 bits per heavy atom. The molecule has 1 aliphatic heterocycles. The molecule has 0 amide bonds. The van der Waals surface area contributed by atoms with Crippen molar-refractivity contribution in [3.63, 3.8) is 0 Å². The van der Waals surface area contributed by atoms with Crippen LogP contribution in [0.15, 0.2) is 0 Å². The van der Waals surface area contributed by atoms with E-state index in [-0.39, 0.29) is 42.3 Å². The molecule has 1 saturated heterocycles. The second-order valence-corrected chi connectivity index (χ2v) is 6.06. The van der Waals surface area contributed by atoms with Gasteiger partial charge < -0.3 is 0 Å². The van der Waals surface area contributed by atoms with Gasteiger partial charge in [0.2, 0.25) is 0 Å². The van der Waals surface area contributed by atoms with E-state index >= 15 is 0 Å². The third kappa shape index (κ3) is 1.14. The highest BCUT2D eigenvalue weighted by atomic mass is 32.2. The minimum absolute atomic E-state index is 0.00944. The van der Waals surface area contributed by atoms with Crippen molar-refractivity contribution in [2.45, 2.75) is 19.3 Å². The molecule has 0 atom stereocenters. The highest BCUT2D eigenvalue weighted by Gasteiger charge is 2.56. The van der Waals surface area contributed by atoms with Gasteiger partial charge in [-0.1, -0.05) is 0 Å². The normalized spacial score (nSPS) is 30.2. The summed E-state index contributed by atoms with van der Waals surface area (Å²) in [5.41, 5.74) is -0.884. The lowest BCUT2D eigenvalue weighted by Crippen LogP contribution is -2.54. The number of rotatable bonds is 0. The summed E-state index contributed by atoms with van der Waals surface area (Å²) in [7, 11) is -2.98. The number of ketones is 2. The van der Waals surface area contributed by atoms with Crippen molar-refractivity contribution >= 4 is 21.4 Å². The van der Waals surface area contributed by atoms with Gasteiger partial charge in [-0.3, -0.25) is 9.59 Å². The zero-order chi connectivity index (χ0) is 9.69. The van der Waals surface area contributed by atoms with E-state index in [1.54, 1.807) is 0 Å². The van der Waals surface area contributed by atoms with Gasteiger partial charge in [0.25, 0.3) is 0 Å². The van der Waals surface area contributed by atoms with E-state index in [0.717, 1.165) is 0 Å². The number of carbonyl (C=O) groups excluding carboxylic acids is 2. The van der Waals surface area contributed by atoms with Gasteiger partial charge in [-0.25, -0.2) is 8.42 Å². The lowest BCUT2D eigenvalue weighted by Gasteiger charge is -2.40. The van der Waals surface area contributed by atoms with Gasteiger partial charge in [-0.05, 0) is 12.8 Å². The maximum atomic E-state index is 11.2. The summed E-state index contributed by atoms with van der Waals surface area (Å²) < 4.78 is 22.1. The summed E-state index contributed by atoms with van der Waals surface area (Å²) in [4.78, 5) is 22.4. The number of hydrogen-bond donors (Lipinski definition) is 0. The van der Waals surface area contributed by atoms with Gasteiger partial charge in [0.15, 0.2) is 11.6 Å². The van der Waals surface area contributed by atoms with E-state index in [0.29, 0.717) is 0 Å². The Kier molecular flexibility index (Phi) is 1.64. The van der Waals surface area contributed by atoms with Crippen LogP contribution in [0.5, 0.6) is 0 Å². The van der Waals surface area contributed by atoms with Crippen LogP contribution in [0.2, 0.25) is 0 Å². The van der Waals surface area contributed by atoms with Crippen molar-refractivity contribution in [1.29, 1.82) is 0 Å². The Morgan fingerprint density at radius 3 is 1.85 bits per heavy atom. The maximum absolute atomic E-state index is 11.2. The first kappa shape index (κ1) is 8.87. The molecule has 0 radical (unpaired) electrons. The number of carbonyl (C=O) groups is 2. The van der Waals surface area contributed by atoms with E-state index in [2.05, 4.69) is 0 Å². The quantitative estimate of drug-likeness (QED) is 0.507. The first-order valence-electron chi connectivity index (χ1n) is 4.23. The first-order chi connectivity index (χ1) is 5.96. The smallest absolute Gasteiger partial charge is 0.153 e. The molecule has 4 nitrogen and oxygen atoms in total. The van der Waals surface area contributed by atoms with Crippen LogP contribution in [0.1, 0.15) is 19.3 Å². The van der Waals surface area contributed by atoms with Crippen LogP contribution in [-0.2, 0) is 19.4 Å². The summed E-state index contributed by atoms with van der Waals surface area (Å²) >= 11 is 0. The molecule has 0 N–H and O–H groups in total. The fourth-order valence-corrected chi connectivity index (χ4v) is 3.50. The minimum atomic E-state index is -2.98. The monoisotopic (exact) mass is 202 g/mol. The zero-order valence-electron chi connectivity index (χ0n) is 7.08. The topological polar surface area (TPSA) is 68.3 Å². The molecule has 0 bridgehead atoms. The molecule has 72 valence electrons. The van der Waals surface area contributed by atoms with E-state index in [1.807, 2.05) is 0 Å². The minimum Gasteiger partial charge on any atom is -0.298 e. The predicted octanol–water partition coefficient (Wildman–Crippen LogP) is -0.277. The molecule has 0 unspecified atom stereocenters. The van der Waals surface area contributed by atoms with E-state index in [1.165, 1.54) is 0 Å². The summed E-state index contributed by atoms with van der Waals surface area (Å²) in [6.07, 6.45) is 0.444. The SMILES string of the molecule is O=C1CC(=O)C12CCS(=O)(=O)CC2. The average Bonchev–Trinajstić information content (AvgIpc) is 2.04. The van der Waals surface area contributed by atoms with Gasteiger partial charge >= 0.3 is 0 Å². The van der Waals surface area contributed by atoms with E-state index < -0.39 is 15.3 Å². The Labute approximate surface area is 76.2 Å². The molecule has 1 aliphatic carbocycles. The third-order valence-corrected chi connectivity index (χ3v) is 4.72. The van der Waals surface area contributed by atoms with Crippen LogP contribution in [-0.4, -0.2) is 31.5 Å². The lowest BCUT2D eigenvalue weighted by molar-refractivity contribution is -0.153. The molecule has 2 aliphatic rings. The number of hydrogen-bond acceptors (Lipinski definition) is 4. The Bertz CT molecular complexity index is 349.